The van der Waals surface area contributed by atoms with E-state index in [-0.39, 0.29) is 5.76 Å². The topological polar surface area (TPSA) is 64.4 Å². The molecular formula is C13H13BrN2O3. The van der Waals surface area contributed by atoms with Gasteiger partial charge in [0.25, 0.3) is 0 Å². The van der Waals surface area contributed by atoms with Crippen LogP contribution in [0.15, 0.2) is 33.6 Å². The molecule has 0 unspecified atom stereocenters. The standard InChI is InChI=1S/C13H13BrN2O3/c1-8-5-10(7-16-12(8)14)15-6-9-3-4-19-11(9)13(17)18-2/h3-5,7,15H,6H2,1-2H3. The summed E-state index contributed by atoms with van der Waals surface area (Å²) in [6, 6.07) is 3.70. The van der Waals surface area contributed by atoms with Gasteiger partial charge >= 0.3 is 5.97 Å². The number of furan rings is 1. The molecule has 0 saturated heterocycles. The summed E-state index contributed by atoms with van der Waals surface area (Å²) in [5, 5.41) is 3.18. The maximum atomic E-state index is 11.4. The number of anilines is 1. The van der Waals surface area contributed by atoms with E-state index in [0.29, 0.717) is 6.54 Å². The van der Waals surface area contributed by atoms with E-state index in [0.717, 1.165) is 21.4 Å². The van der Waals surface area contributed by atoms with Crippen LogP contribution in [0, 0.1) is 6.92 Å². The van der Waals surface area contributed by atoms with Crippen LogP contribution >= 0.6 is 15.9 Å². The highest BCUT2D eigenvalue weighted by molar-refractivity contribution is 9.10. The van der Waals surface area contributed by atoms with Crippen molar-refractivity contribution in [3.63, 3.8) is 0 Å². The lowest BCUT2D eigenvalue weighted by molar-refractivity contribution is 0.0563. The summed E-state index contributed by atoms with van der Waals surface area (Å²) in [6.45, 7) is 2.42. The molecule has 0 bridgehead atoms. The van der Waals surface area contributed by atoms with Gasteiger partial charge in [-0.1, -0.05) is 0 Å². The molecule has 0 amide bonds. The van der Waals surface area contributed by atoms with Crippen molar-refractivity contribution in [3.8, 4) is 0 Å². The number of aromatic nitrogens is 1. The molecule has 19 heavy (non-hydrogen) atoms. The zero-order valence-electron chi connectivity index (χ0n) is 10.6. The van der Waals surface area contributed by atoms with Crippen molar-refractivity contribution in [1.29, 1.82) is 0 Å². The van der Waals surface area contributed by atoms with Gasteiger partial charge in [-0.3, -0.25) is 0 Å². The van der Waals surface area contributed by atoms with Crippen LogP contribution in [0.1, 0.15) is 21.7 Å². The Hall–Kier alpha value is -1.82. The Labute approximate surface area is 119 Å². The number of nitrogens with zero attached hydrogens (tertiary/aromatic N) is 1. The molecule has 0 radical (unpaired) electrons. The van der Waals surface area contributed by atoms with E-state index in [2.05, 4.69) is 31.0 Å². The molecule has 0 aliphatic rings. The highest BCUT2D eigenvalue weighted by atomic mass is 79.9. The molecule has 0 fully saturated rings. The highest BCUT2D eigenvalue weighted by Crippen LogP contribution is 2.18. The summed E-state index contributed by atoms with van der Waals surface area (Å²) in [7, 11) is 1.32. The third kappa shape index (κ3) is 3.14. The monoisotopic (exact) mass is 324 g/mol. The van der Waals surface area contributed by atoms with Crippen LogP contribution in [-0.4, -0.2) is 18.1 Å². The Kier molecular flexibility index (Phi) is 4.21. The Morgan fingerprint density at radius 1 is 1.58 bits per heavy atom. The zero-order chi connectivity index (χ0) is 13.8. The van der Waals surface area contributed by atoms with Gasteiger partial charge in [-0.25, -0.2) is 9.78 Å². The summed E-state index contributed by atoms with van der Waals surface area (Å²) >= 11 is 3.34. The van der Waals surface area contributed by atoms with Gasteiger partial charge in [0.05, 0.1) is 25.3 Å². The number of carbonyl (C=O) groups is 1. The first-order valence-corrected chi connectivity index (χ1v) is 6.42. The Morgan fingerprint density at radius 2 is 2.37 bits per heavy atom. The minimum Gasteiger partial charge on any atom is -0.463 e. The molecule has 0 atom stereocenters. The minimum atomic E-state index is -0.480. The number of pyridine rings is 1. The maximum Gasteiger partial charge on any atom is 0.374 e. The molecule has 2 aromatic heterocycles. The van der Waals surface area contributed by atoms with Crippen molar-refractivity contribution >= 4 is 27.6 Å². The van der Waals surface area contributed by atoms with Crippen LogP contribution in [-0.2, 0) is 11.3 Å². The van der Waals surface area contributed by atoms with E-state index >= 15 is 0 Å². The van der Waals surface area contributed by atoms with Crippen LogP contribution in [0.3, 0.4) is 0 Å². The zero-order valence-corrected chi connectivity index (χ0v) is 12.2. The smallest absolute Gasteiger partial charge is 0.374 e. The number of esters is 1. The number of carbonyl (C=O) groups excluding carboxylic acids is 1. The molecule has 100 valence electrons. The van der Waals surface area contributed by atoms with Crippen LogP contribution in [0.4, 0.5) is 5.69 Å². The van der Waals surface area contributed by atoms with Crippen molar-refractivity contribution < 1.29 is 13.9 Å². The van der Waals surface area contributed by atoms with Crippen LogP contribution in [0.25, 0.3) is 0 Å². The lowest BCUT2D eigenvalue weighted by Gasteiger charge is -2.07. The highest BCUT2D eigenvalue weighted by Gasteiger charge is 2.15. The molecule has 0 saturated carbocycles. The number of ether oxygens (including phenoxy) is 1. The molecule has 2 aromatic rings. The SMILES string of the molecule is COC(=O)c1occc1CNc1cnc(Br)c(C)c1. The average molecular weight is 325 g/mol. The number of hydrogen-bond acceptors (Lipinski definition) is 5. The van der Waals surface area contributed by atoms with Gasteiger partial charge in [0.1, 0.15) is 4.60 Å². The van der Waals surface area contributed by atoms with Gasteiger partial charge in [0, 0.05) is 12.1 Å². The third-order valence-corrected chi connectivity index (χ3v) is 3.45. The molecule has 0 aromatic carbocycles. The summed E-state index contributed by atoms with van der Waals surface area (Å²) in [5.41, 5.74) is 2.65. The third-order valence-electron chi connectivity index (χ3n) is 2.61. The minimum absolute atomic E-state index is 0.219. The first-order chi connectivity index (χ1) is 9.11. The molecule has 0 spiro atoms. The van der Waals surface area contributed by atoms with Gasteiger partial charge < -0.3 is 14.5 Å². The van der Waals surface area contributed by atoms with E-state index in [9.17, 15) is 4.79 Å². The molecule has 6 heteroatoms. The second-order valence-corrected chi connectivity index (χ2v) is 4.70. The second kappa shape index (κ2) is 5.88. The largest absolute Gasteiger partial charge is 0.463 e. The lowest BCUT2D eigenvalue weighted by atomic mass is 10.2. The number of methoxy groups -OCH3 is 1. The Morgan fingerprint density at radius 3 is 3.05 bits per heavy atom. The van der Waals surface area contributed by atoms with E-state index < -0.39 is 5.97 Å². The van der Waals surface area contributed by atoms with Crippen molar-refractivity contribution in [2.24, 2.45) is 0 Å². The number of nitrogens with one attached hydrogen (secondary N) is 1. The van der Waals surface area contributed by atoms with Crippen LogP contribution in [0.5, 0.6) is 0 Å². The molecule has 2 heterocycles. The Balaban J connectivity index is 2.08. The van der Waals surface area contributed by atoms with Gasteiger partial charge in [0.15, 0.2) is 0 Å². The van der Waals surface area contributed by atoms with Gasteiger partial charge in [-0.2, -0.15) is 0 Å². The second-order valence-electron chi connectivity index (χ2n) is 3.95. The van der Waals surface area contributed by atoms with E-state index in [1.807, 2.05) is 13.0 Å². The molecule has 2 rings (SSSR count). The van der Waals surface area contributed by atoms with Crippen molar-refractivity contribution in [3.05, 3.63) is 46.1 Å². The lowest BCUT2D eigenvalue weighted by Crippen LogP contribution is -2.07. The molecule has 0 aliphatic carbocycles. The normalized spacial score (nSPS) is 10.3. The maximum absolute atomic E-state index is 11.4. The van der Waals surface area contributed by atoms with Crippen molar-refractivity contribution in [1.82, 2.24) is 4.98 Å². The van der Waals surface area contributed by atoms with E-state index in [1.54, 1.807) is 12.3 Å². The number of rotatable bonds is 4. The van der Waals surface area contributed by atoms with Crippen molar-refractivity contribution in [2.45, 2.75) is 13.5 Å². The summed E-state index contributed by atoms with van der Waals surface area (Å²) in [5.74, 6) is -0.260. The fraction of sp³-hybridized carbons (Fsp3) is 0.231. The van der Waals surface area contributed by atoms with Crippen molar-refractivity contribution in [2.75, 3.05) is 12.4 Å². The quantitative estimate of drug-likeness (QED) is 0.691. The summed E-state index contributed by atoms with van der Waals surface area (Å²) in [6.07, 6.45) is 3.18. The van der Waals surface area contributed by atoms with Crippen LogP contribution in [0.2, 0.25) is 0 Å². The molecular weight excluding hydrogens is 312 g/mol. The van der Waals surface area contributed by atoms with E-state index in [1.165, 1.54) is 13.4 Å². The summed E-state index contributed by atoms with van der Waals surface area (Å²) in [4.78, 5) is 15.6. The van der Waals surface area contributed by atoms with Gasteiger partial charge in [-0.15, -0.1) is 0 Å². The fourth-order valence-corrected chi connectivity index (χ4v) is 1.82. The van der Waals surface area contributed by atoms with Crippen LogP contribution < -0.4 is 5.32 Å². The number of halogens is 1. The number of hydrogen-bond donors (Lipinski definition) is 1. The van der Waals surface area contributed by atoms with Gasteiger partial charge in [-0.05, 0) is 40.5 Å². The number of aryl methyl sites for hydroxylation is 1. The van der Waals surface area contributed by atoms with E-state index in [4.69, 9.17) is 4.42 Å². The summed E-state index contributed by atoms with van der Waals surface area (Å²) < 4.78 is 10.6. The first-order valence-electron chi connectivity index (χ1n) is 5.62. The molecule has 5 nitrogen and oxygen atoms in total. The predicted molar refractivity (Wildman–Crippen MR) is 74.0 cm³/mol. The average Bonchev–Trinajstić information content (AvgIpc) is 2.87. The predicted octanol–water partition coefficient (Wildman–Crippen LogP) is 3.14. The molecule has 1 N–H and O–H groups in total. The fourth-order valence-electron chi connectivity index (χ4n) is 1.60. The Bertz CT molecular complexity index is 595. The van der Waals surface area contributed by atoms with Gasteiger partial charge in [0.2, 0.25) is 5.76 Å². The molecule has 0 aliphatic heterocycles. The first kappa shape index (κ1) is 13.6.